The van der Waals surface area contributed by atoms with Crippen molar-refractivity contribution in [1.82, 2.24) is 4.72 Å². The van der Waals surface area contributed by atoms with Crippen molar-refractivity contribution in [3.63, 3.8) is 0 Å². The van der Waals surface area contributed by atoms with E-state index < -0.39 is 10.0 Å². The van der Waals surface area contributed by atoms with Gasteiger partial charge in [0.05, 0.1) is 18.5 Å². The number of ether oxygens (including phenoxy) is 1. The van der Waals surface area contributed by atoms with E-state index in [9.17, 15) is 8.42 Å². The van der Waals surface area contributed by atoms with Gasteiger partial charge in [-0.15, -0.1) is 0 Å². The molecule has 0 bridgehead atoms. The lowest BCUT2D eigenvalue weighted by Gasteiger charge is -2.32. The van der Waals surface area contributed by atoms with Crippen LogP contribution in [0.3, 0.4) is 0 Å². The molecular weight excluding hydrogens is 228 g/mol. The minimum Gasteiger partial charge on any atom is -0.378 e. The van der Waals surface area contributed by atoms with Crippen molar-refractivity contribution in [1.29, 1.82) is 0 Å². The highest BCUT2D eigenvalue weighted by atomic mass is 32.2. The Morgan fingerprint density at radius 1 is 1.44 bits per heavy atom. The SMILES string of the molecule is CC(C)OCCS(=O)(=O)NCC1CC(N)C1. The molecule has 1 fully saturated rings. The number of rotatable bonds is 7. The summed E-state index contributed by atoms with van der Waals surface area (Å²) in [5.41, 5.74) is 5.62. The lowest BCUT2D eigenvalue weighted by molar-refractivity contribution is 0.0911. The second kappa shape index (κ2) is 5.95. The van der Waals surface area contributed by atoms with Crippen LogP contribution in [0.1, 0.15) is 26.7 Å². The quantitative estimate of drug-likeness (QED) is 0.670. The smallest absolute Gasteiger partial charge is 0.213 e. The van der Waals surface area contributed by atoms with E-state index >= 15 is 0 Å². The summed E-state index contributed by atoms with van der Waals surface area (Å²) in [4.78, 5) is 0. The van der Waals surface area contributed by atoms with Gasteiger partial charge in [0.25, 0.3) is 0 Å². The number of hydrogen-bond acceptors (Lipinski definition) is 4. The predicted octanol–water partition coefficient (Wildman–Crippen LogP) is 0.0681. The van der Waals surface area contributed by atoms with Crippen LogP contribution < -0.4 is 10.5 Å². The number of nitrogens with two attached hydrogens (primary N) is 1. The van der Waals surface area contributed by atoms with Gasteiger partial charge in [0.2, 0.25) is 10.0 Å². The molecule has 0 aromatic rings. The zero-order chi connectivity index (χ0) is 12.2. The first-order chi connectivity index (χ1) is 7.39. The Labute approximate surface area is 97.8 Å². The number of nitrogens with one attached hydrogen (secondary N) is 1. The standard InChI is InChI=1S/C10H22N2O3S/c1-8(2)15-3-4-16(13,14)12-7-9-5-10(11)6-9/h8-10,12H,3-7,11H2,1-2H3. The average Bonchev–Trinajstić information content (AvgIpc) is 2.09. The van der Waals surface area contributed by atoms with Gasteiger partial charge in [0, 0.05) is 12.6 Å². The molecule has 3 N–H and O–H groups in total. The second-order valence-corrected chi connectivity index (χ2v) is 6.61. The van der Waals surface area contributed by atoms with Crippen LogP contribution in [0, 0.1) is 5.92 Å². The summed E-state index contributed by atoms with van der Waals surface area (Å²) in [6.45, 7) is 4.53. The van der Waals surface area contributed by atoms with Crippen LogP contribution in [0.15, 0.2) is 0 Å². The van der Waals surface area contributed by atoms with E-state index in [-0.39, 0.29) is 24.5 Å². The Kier molecular flexibility index (Phi) is 5.17. The van der Waals surface area contributed by atoms with E-state index in [4.69, 9.17) is 10.5 Å². The van der Waals surface area contributed by atoms with E-state index in [2.05, 4.69) is 4.72 Å². The molecule has 96 valence electrons. The molecule has 1 rings (SSSR count). The maximum atomic E-state index is 11.5. The van der Waals surface area contributed by atoms with E-state index in [1.54, 1.807) is 0 Å². The molecule has 6 heteroatoms. The molecule has 0 atom stereocenters. The van der Waals surface area contributed by atoms with Crippen molar-refractivity contribution in [3.05, 3.63) is 0 Å². The highest BCUT2D eigenvalue weighted by molar-refractivity contribution is 7.89. The van der Waals surface area contributed by atoms with Gasteiger partial charge in [-0.1, -0.05) is 0 Å². The van der Waals surface area contributed by atoms with Gasteiger partial charge in [0.1, 0.15) is 0 Å². The second-order valence-electron chi connectivity index (χ2n) is 4.68. The Balaban J connectivity index is 2.14. The molecule has 0 radical (unpaired) electrons. The van der Waals surface area contributed by atoms with Crippen molar-refractivity contribution in [2.24, 2.45) is 11.7 Å². The fraction of sp³-hybridized carbons (Fsp3) is 1.00. The van der Waals surface area contributed by atoms with Gasteiger partial charge in [-0.3, -0.25) is 0 Å². The predicted molar refractivity (Wildman–Crippen MR) is 63.6 cm³/mol. The third kappa shape index (κ3) is 5.25. The van der Waals surface area contributed by atoms with E-state index in [0.717, 1.165) is 12.8 Å². The number of sulfonamides is 1. The molecule has 1 aliphatic carbocycles. The van der Waals surface area contributed by atoms with E-state index in [1.807, 2.05) is 13.8 Å². The van der Waals surface area contributed by atoms with E-state index in [1.165, 1.54) is 0 Å². The lowest BCUT2D eigenvalue weighted by Crippen LogP contribution is -2.43. The average molecular weight is 250 g/mol. The highest BCUT2D eigenvalue weighted by Gasteiger charge is 2.26. The van der Waals surface area contributed by atoms with Crippen LogP contribution in [-0.2, 0) is 14.8 Å². The highest BCUT2D eigenvalue weighted by Crippen LogP contribution is 2.24. The molecule has 0 aromatic carbocycles. The molecule has 0 heterocycles. The maximum Gasteiger partial charge on any atom is 0.213 e. The molecule has 5 nitrogen and oxygen atoms in total. The monoisotopic (exact) mass is 250 g/mol. The minimum absolute atomic E-state index is 0.0317. The number of hydrogen-bond donors (Lipinski definition) is 2. The topological polar surface area (TPSA) is 81.4 Å². The fourth-order valence-electron chi connectivity index (χ4n) is 1.66. The molecule has 16 heavy (non-hydrogen) atoms. The third-order valence-electron chi connectivity index (χ3n) is 2.67. The summed E-state index contributed by atoms with van der Waals surface area (Å²) in [7, 11) is -3.18. The van der Waals surface area contributed by atoms with Gasteiger partial charge in [0.15, 0.2) is 0 Å². The van der Waals surface area contributed by atoms with Gasteiger partial charge < -0.3 is 10.5 Å². The molecule has 0 unspecified atom stereocenters. The first-order valence-corrected chi connectivity index (χ1v) is 7.39. The Bertz CT molecular complexity index is 297. The van der Waals surface area contributed by atoms with Crippen LogP contribution in [0.25, 0.3) is 0 Å². The van der Waals surface area contributed by atoms with Crippen molar-refractivity contribution in [2.75, 3.05) is 18.9 Å². The van der Waals surface area contributed by atoms with Crippen LogP contribution >= 0.6 is 0 Å². The van der Waals surface area contributed by atoms with Crippen molar-refractivity contribution >= 4 is 10.0 Å². The van der Waals surface area contributed by atoms with Crippen molar-refractivity contribution in [3.8, 4) is 0 Å². The molecule has 0 aliphatic heterocycles. The molecule has 0 amide bonds. The zero-order valence-corrected chi connectivity index (χ0v) is 10.8. The van der Waals surface area contributed by atoms with Crippen LogP contribution in [0.4, 0.5) is 0 Å². The molecule has 0 spiro atoms. The Morgan fingerprint density at radius 3 is 2.56 bits per heavy atom. The molecular formula is C10H22N2O3S. The lowest BCUT2D eigenvalue weighted by atomic mass is 9.81. The summed E-state index contributed by atoms with van der Waals surface area (Å²) in [6.07, 6.45) is 1.91. The van der Waals surface area contributed by atoms with Gasteiger partial charge in [-0.05, 0) is 32.6 Å². The fourth-order valence-corrected chi connectivity index (χ4v) is 2.61. The van der Waals surface area contributed by atoms with Crippen LogP contribution in [0.5, 0.6) is 0 Å². The van der Waals surface area contributed by atoms with Crippen LogP contribution in [0.2, 0.25) is 0 Å². The Hall–Kier alpha value is -0.170. The first kappa shape index (κ1) is 13.9. The minimum atomic E-state index is -3.18. The van der Waals surface area contributed by atoms with Crippen molar-refractivity contribution < 1.29 is 13.2 Å². The third-order valence-corrected chi connectivity index (χ3v) is 3.98. The molecule has 0 saturated heterocycles. The van der Waals surface area contributed by atoms with Gasteiger partial charge in [-0.25, -0.2) is 13.1 Å². The molecule has 1 aliphatic rings. The zero-order valence-electron chi connectivity index (χ0n) is 9.98. The van der Waals surface area contributed by atoms with Gasteiger partial charge >= 0.3 is 0 Å². The molecule has 1 saturated carbocycles. The summed E-state index contributed by atoms with van der Waals surface area (Å²) in [6, 6.07) is 0.263. The summed E-state index contributed by atoms with van der Waals surface area (Å²) < 4.78 is 30.8. The first-order valence-electron chi connectivity index (χ1n) is 5.73. The Morgan fingerprint density at radius 2 is 2.06 bits per heavy atom. The summed E-state index contributed by atoms with van der Waals surface area (Å²) >= 11 is 0. The summed E-state index contributed by atoms with van der Waals surface area (Å²) in [5, 5.41) is 0. The van der Waals surface area contributed by atoms with Crippen molar-refractivity contribution in [2.45, 2.75) is 38.8 Å². The normalized spacial score (nSPS) is 25.8. The maximum absolute atomic E-state index is 11.5. The van der Waals surface area contributed by atoms with Crippen LogP contribution in [-0.4, -0.2) is 39.5 Å². The summed E-state index contributed by atoms with van der Waals surface area (Å²) in [5.74, 6) is 0.444. The largest absolute Gasteiger partial charge is 0.378 e. The van der Waals surface area contributed by atoms with Gasteiger partial charge in [-0.2, -0.15) is 0 Å². The molecule has 0 aromatic heterocycles. The van der Waals surface area contributed by atoms with E-state index in [0.29, 0.717) is 12.5 Å².